The summed E-state index contributed by atoms with van der Waals surface area (Å²) >= 11 is 1.91. The van der Waals surface area contributed by atoms with Gasteiger partial charge in [0.05, 0.1) is 6.20 Å². The largest absolute Gasteiger partial charge is 0.298 e. The van der Waals surface area contributed by atoms with Crippen LogP contribution in [-0.2, 0) is 6.54 Å². The van der Waals surface area contributed by atoms with Gasteiger partial charge in [0.2, 0.25) is 0 Å². The molecule has 3 rings (SSSR count). The Morgan fingerprint density at radius 1 is 1.17 bits per heavy atom. The molecule has 2 aromatic heterocycles. The van der Waals surface area contributed by atoms with E-state index >= 15 is 0 Å². The molecule has 0 saturated heterocycles. The molecular weight excluding hydrogens is 316 g/mol. The maximum atomic E-state index is 4.68. The molecule has 0 aliphatic carbocycles. The second-order valence-corrected chi connectivity index (χ2v) is 7.14. The first-order valence-electron chi connectivity index (χ1n) is 8.38. The summed E-state index contributed by atoms with van der Waals surface area (Å²) in [6, 6.07) is 12.6. The third-order valence-electron chi connectivity index (χ3n) is 4.11. The van der Waals surface area contributed by atoms with Crippen molar-refractivity contribution in [3.05, 3.63) is 59.5 Å². The number of rotatable bonds is 7. The Labute approximate surface area is 147 Å². The van der Waals surface area contributed by atoms with Gasteiger partial charge in [0.15, 0.2) is 5.65 Å². The molecule has 0 bridgehead atoms. The molecule has 0 spiro atoms. The Balaban J connectivity index is 1.65. The molecule has 0 amide bonds. The van der Waals surface area contributed by atoms with Gasteiger partial charge >= 0.3 is 0 Å². The van der Waals surface area contributed by atoms with Crippen LogP contribution in [0.5, 0.6) is 0 Å². The lowest BCUT2D eigenvalue weighted by atomic mass is 10.3. The van der Waals surface area contributed by atoms with Crippen LogP contribution in [0.1, 0.15) is 23.9 Å². The summed E-state index contributed by atoms with van der Waals surface area (Å²) in [7, 11) is 0. The van der Waals surface area contributed by atoms with E-state index in [0.29, 0.717) is 0 Å². The van der Waals surface area contributed by atoms with E-state index in [0.717, 1.165) is 42.4 Å². The number of aryl methyl sites for hydroxylation is 2. The molecule has 3 aromatic rings. The number of fused-ring (bicyclic) bond motifs is 1. The first-order valence-corrected chi connectivity index (χ1v) is 9.37. The summed E-state index contributed by atoms with van der Waals surface area (Å²) < 4.78 is 1.94. The average molecular weight is 340 g/mol. The van der Waals surface area contributed by atoms with Crippen LogP contribution in [0.2, 0.25) is 0 Å². The number of hydrogen-bond donors (Lipinski definition) is 0. The van der Waals surface area contributed by atoms with E-state index in [4.69, 9.17) is 0 Å². The first kappa shape index (κ1) is 17.0. The molecule has 126 valence electrons. The van der Waals surface area contributed by atoms with Gasteiger partial charge in [-0.05, 0) is 38.6 Å². The first-order chi connectivity index (χ1) is 11.7. The minimum absolute atomic E-state index is 0.894. The van der Waals surface area contributed by atoms with Crippen LogP contribution in [0.25, 0.3) is 5.65 Å². The maximum Gasteiger partial charge on any atom is 0.159 e. The van der Waals surface area contributed by atoms with Gasteiger partial charge in [0.1, 0.15) is 0 Å². The van der Waals surface area contributed by atoms with Crippen molar-refractivity contribution in [2.24, 2.45) is 0 Å². The smallest absolute Gasteiger partial charge is 0.159 e. The number of nitrogens with zero attached hydrogens (tertiary/aromatic N) is 4. The van der Waals surface area contributed by atoms with E-state index in [1.54, 1.807) is 0 Å². The zero-order valence-electron chi connectivity index (χ0n) is 14.6. The van der Waals surface area contributed by atoms with Gasteiger partial charge in [0.25, 0.3) is 0 Å². The fraction of sp³-hybridized carbons (Fsp3) is 0.368. The summed E-state index contributed by atoms with van der Waals surface area (Å²) in [5.41, 5.74) is 4.37. The van der Waals surface area contributed by atoms with Gasteiger partial charge in [-0.15, -0.1) is 11.8 Å². The minimum atomic E-state index is 0.894. The normalized spacial score (nSPS) is 11.5. The van der Waals surface area contributed by atoms with Crippen LogP contribution in [0.3, 0.4) is 0 Å². The quantitative estimate of drug-likeness (QED) is 0.610. The Morgan fingerprint density at radius 2 is 1.96 bits per heavy atom. The highest BCUT2D eigenvalue weighted by Crippen LogP contribution is 2.18. The van der Waals surface area contributed by atoms with Crippen LogP contribution >= 0.6 is 11.8 Å². The van der Waals surface area contributed by atoms with Crippen molar-refractivity contribution in [1.82, 2.24) is 19.5 Å². The Kier molecular flexibility index (Phi) is 5.53. The van der Waals surface area contributed by atoms with Gasteiger partial charge < -0.3 is 0 Å². The van der Waals surface area contributed by atoms with Gasteiger partial charge in [0, 0.05) is 40.7 Å². The number of aromatic nitrogens is 3. The van der Waals surface area contributed by atoms with Gasteiger partial charge in [-0.2, -0.15) is 5.10 Å². The van der Waals surface area contributed by atoms with E-state index in [2.05, 4.69) is 65.2 Å². The van der Waals surface area contributed by atoms with Crippen LogP contribution < -0.4 is 0 Å². The topological polar surface area (TPSA) is 33.4 Å². The van der Waals surface area contributed by atoms with Crippen molar-refractivity contribution >= 4 is 17.4 Å². The SMILES string of the molecule is CCN(CCSc1ccccc1)Cc1cnn2c(C)cc(C)nc12. The standard InChI is InChI=1S/C19H24N4S/c1-4-22(10-11-24-18-8-6-5-7-9-18)14-17-13-20-23-16(3)12-15(2)21-19(17)23/h5-9,12-13H,4,10-11,14H2,1-3H3. The van der Waals surface area contributed by atoms with Gasteiger partial charge in [-0.25, -0.2) is 9.50 Å². The zero-order valence-corrected chi connectivity index (χ0v) is 15.4. The fourth-order valence-corrected chi connectivity index (χ4v) is 3.76. The predicted octanol–water partition coefficient (Wildman–Crippen LogP) is 3.96. The lowest BCUT2D eigenvalue weighted by Crippen LogP contribution is -2.25. The number of benzene rings is 1. The second-order valence-electron chi connectivity index (χ2n) is 5.97. The van der Waals surface area contributed by atoms with E-state index in [1.165, 1.54) is 10.5 Å². The second kappa shape index (κ2) is 7.81. The Hall–Kier alpha value is -1.85. The number of hydrogen-bond acceptors (Lipinski definition) is 4. The van der Waals surface area contributed by atoms with E-state index in [-0.39, 0.29) is 0 Å². The average Bonchev–Trinajstić information content (AvgIpc) is 2.98. The highest BCUT2D eigenvalue weighted by atomic mass is 32.2. The summed E-state index contributed by atoms with van der Waals surface area (Å²) in [4.78, 5) is 8.46. The highest BCUT2D eigenvalue weighted by Gasteiger charge is 2.12. The van der Waals surface area contributed by atoms with E-state index in [9.17, 15) is 0 Å². The van der Waals surface area contributed by atoms with Crippen molar-refractivity contribution < 1.29 is 0 Å². The summed E-state index contributed by atoms with van der Waals surface area (Å²) in [5, 5.41) is 4.50. The molecule has 0 fully saturated rings. The monoisotopic (exact) mass is 340 g/mol. The molecule has 0 radical (unpaired) electrons. The molecule has 0 aliphatic rings. The lowest BCUT2D eigenvalue weighted by molar-refractivity contribution is 0.299. The van der Waals surface area contributed by atoms with Crippen molar-refractivity contribution in [3.8, 4) is 0 Å². The summed E-state index contributed by atoms with van der Waals surface area (Å²) in [6.07, 6.45) is 1.96. The van der Waals surface area contributed by atoms with Crippen LogP contribution in [0.4, 0.5) is 0 Å². The van der Waals surface area contributed by atoms with Gasteiger partial charge in [-0.3, -0.25) is 4.90 Å². The molecule has 2 heterocycles. The molecule has 4 nitrogen and oxygen atoms in total. The predicted molar refractivity (Wildman–Crippen MR) is 101 cm³/mol. The molecule has 0 unspecified atom stereocenters. The Morgan fingerprint density at radius 3 is 2.71 bits per heavy atom. The molecule has 0 N–H and O–H groups in total. The van der Waals surface area contributed by atoms with Crippen LogP contribution in [0.15, 0.2) is 47.5 Å². The van der Waals surface area contributed by atoms with Crippen LogP contribution in [0, 0.1) is 13.8 Å². The third kappa shape index (κ3) is 3.97. The third-order valence-corrected chi connectivity index (χ3v) is 5.10. The highest BCUT2D eigenvalue weighted by molar-refractivity contribution is 7.99. The van der Waals surface area contributed by atoms with Crippen molar-refractivity contribution in [3.63, 3.8) is 0 Å². The molecule has 0 aliphatic heterocycles. The van der Waals surface area contributed by atoms with E-state index in [1.807, 2.05) is 29.4 Å². The van der Waals surface area contributed by atoms with E-state index < -0.39 is 0 Å². The summed E-state index contributed by atoms with van der Waals surface area (Å²) in [5.74, 6) is 1.09. The molecule has 1 aromatic carbocycles. The summed E-state index contributed by atoms with van der Waals surface area (Å²) in [6.45, 7) is 9.30. The van der Waals surface area contributed by atoms with Crippen molar-refractivity contribution in [1.29, 1.82) is 0 Å². The lowest BCUT2D eigenvalue weighted by Gasteiger charge is -2.19. The van der Waals surface area contributed by atoms with Gasteiger partial charge in [-0.1, -0.05) is 25.1 Å². The molecular formula is C19H24N4S. The molecule has 5 heteroatoms. The van der Waals surface area contributed by atoms with Crippen molar-refractivity contribution in [2.75, 3.05) is 18.8 Å². The minimum Gasteiger partial charge on any atom is -0.298 e. The Bertz CT molecular complexity index is 798. The molecule has 0 atom stereocenters. The van der Waals surface area contributed by atoms with Crippen molar-refractivity contribution in [2.45, 2.75) is 32.2 Å². The zero-order chi connectivity index (χ0) is 16.9. The molecule has 0 saturated carbocycles. The molecule has 24 heavy (non-hydrogen) atoms. The fourth-order valence-electron chi connectivity index (χ4n) is 2.83. The number of thioether (sulfide) groups is 1. The van der Waals surface area contributed by atoms with Crippen LogP contribution in [-0.4, -0.2) is 38.3 Å². The maximum absolute atomic E-state index is 4.68.